The standard InChI is InChI=1S/C16H24FN3O2/c1-12(2)3-6-15(19-9-7-18-8-10-19)13-4-5-14(17)16(11-13)20(21)22/h4-5,11-12,15,18H,3,6-10H2,1-2H3/t15-/m0/s1. The first-order valence-electron chi connectivity index (χ1n) is 7.87. The molecule has 0 aromatic heterocycles. The average Bonchev–Trinajstić information content (AvgIpc) is 2.49. The number of rotatable bonds is 6. The van der Waals surface area contributed by atoms with Gasteiger partial charge in [0, 0.05) is 38.3 Å². The van der Waals surface area contributed by atoms with E-state index >= 15 is 0 Å². The minimum absolute atomic E-state index is 0.115. The maximum absolute atomic E-state index is 13.6. The van der Waals surface area contributed by atoms with Gasteiger partial charge < -0.3 is 5.32 Å². The van der Waals surface area contributed by atoms with Gasteiger partial charge in [0.25, 0.3) is 0 Å². The Morgan fingerprint density at radius 3 is 2.59 bits per heavy atom. The number of halogens is 1. The van der Waals surface area contributed by atoms with Gasteiger partial charge >= 0.3 is 5.69 Å². The predicted molar refractivity (Wildman–Crippen MR) is 84.3 cm³/mol. The van der Waals surface area contributed by atoms with Crippen LogP contribution in [0.4, 0.5) is 10.1 Å². The number of benzene rings is 1. The van der Waals surface area contributed by atoms with Gasteiger partial charge in [-0.1, -0.05) is 19.9 Å². The van der Waals surface area contributed by atoms with Crippen LogP contribution in [0, 0.1) is 21.8 Å². The topological polar surface area (TPSA) is 58.4 Å². The van der Waals surface area contributed by atoms with Gasteiger partial charge in [-0.3, -0.25) is 15.0 Å². The number of piperazine rings is 1. The van der Waals surface area contributed by atoms with Crippen LogP contribution in [0.15, 0.2) is 18.2 Å². The van der Waals surface area contributed by atoms with Crippen molar-refractivity contribution < 1.29 is 9.31 Å². The summed E-state index contributed by atoms with van der Waals surface area (Å²) in [5, 5.41) is 14.3. The average molecular weight is 309 g/mol. The molecule has 1 aliphatic heterocycles. The van der Waals surface area contributed by atoms with Crippen molar-refractivity contribution in [3.63, 3.8) is 0 Å². The highest BCUT2D eigenvalue weighted by molar-refractivity contribution is 5.37. The summed E-state index contributed by atoms with van der Waals surface area (Å²) in [6.45, 7) is 7.99. The molecule has 0 radical (unpaired) electrons. The number of nitro benzene ring substituents is 1. The number of nitrogens with one attached hydrogen (secondary N) is 1. The van der Waals surface area contributed by atoms with Gasteiger partial charge in [0.05, 0.1) is 4.92 Å². The van der Waals surface area contributed by atoms with Gasteiger partial charge in [-0.15, -0.1) is 0 Å². The number of nitrogens with zero attached hydrogens (tertiary/aromatic N) is 2. The normalized spacial score (nSPS) is 17.6. The Labute approximate surface area is 130 Å². The molecule has 1 saturated heterocycles. The monoisotopic (exact) mass is 309 g/mol. The summed E-state index contributed by atoms with van der Waals surface area (Å²) in [5.41, 5.74) is 0.415. The quantitative estimate of drug-likeness (QED) is 0.648. The molecule has 122 valence electrons. The maximum atomic E-state index is 13.6. The maximum Gasteiger partial charge on any atom is 0.305 e. The van der Waals surface area contributed by atoms with Crippen LogP contribution in [-0.4, -0.2) is 36.0 Å². The Hall–Kier alpha value is -1.53. The molecule has 1 heterocycles. The van der Waals surface area contributed by atoms with Gasteiger partial charge in [-0.05, 0) is 30.4 Å². The van der Waals surface area contributed by atoms with Crippen LogP contribution >= 0.6 is 0 Å². The lowest BCUT2D eigenvalue weighted by atomic mass is 9.95. The Balaban J connectivity index is 2.26. The van der Waals surface area contributed by atoms with Crippen molar-refractivity contribution in [1.82, 2.24) is 10.2 Å². The molecule has 22 heavy (non-hydrogen) atoms. The van der Waals surface area contributed by atoms with Crippen LogP contribution in [0.25, 0.3) is 0 Å². The van der Waals surface area contributed by atoms with Crippen molar-refractivity contribution in [1.29, 1.82) is 0 Å². The lowest BCUT2D eigenvalue weighted by Crippen LogP contribution is -2.45. The van der Waals surface area contributed by atoms with E-state index in [1.165, 1.54) is 12.1 Å². The van der Waals surface area contributed by atoms with E-state index in [4.69, 9.17) is 0 Å². The molecule has 1 N–H and O–H groups in total. The van der Waals surface area contributed by atoms with Crippen molar-refractivity contribution in [3.05, 3.63) is 39.7 Å². The van der Waals surface area contributed by atoms with Crippen LogP contribution in [-0.2, 0) is 0 Å². The second-order valence-corrected chi connectivity index (χ2v) is 6.24. The minimum Gasteiger partial charge on any atom is -0.314 e. The molecule has 0 amide bonds. The second-order valence-electron chi connectivity index (χ2n) is 6.24. The highest BCUT2D eigenvalue weighted by Gasteiger charge is 2.25. The first kappa shape index (κ1) is 16.8. The van der Waals surface area contributed by atoms with Crippen molar-refractivity contribution in [2.45, 2.75) is 32.7 Å². The second kappa shape index (κ2) is 7.65. The van der Waals surface area contributed by atoms with E-state index in [2.05, 4.69) is 24.1 Å². The van der Waals surface area contributed by atoms with Crippen molar-refractivity contribution in [2.75, 3.05) is 26.2 Å². The Bertz CT molecular complexity index is 516. The van der Waals surface area contributed by atoms with Gasteiger partial charge in [0.2, 0.25) is 5.82 Å². The summed E-state index contributed by atoms with van der Waals surface area (Å²) in [5.74, 6) is -0.197. The molecule has 6 heteroatoms. The van der Waals surface area contributed by atoms with E-state index < -0.39 is 16.4 Å². The van der Waals surface area contributed by atoms with Gasteiger partial charge in [0.15, 0.2) is 0 Å². The Morgan fingerprint density at radius 1 is 1.32 bits per heavy atom. The molecule has 1 aromatic carbocycles. The van der Waals surface area contributed by atoms with Gasteiger partial charge in [0.1, 0.15) is 0 Å². The lowest BCUT2D eigenvalue weighted by molar-refractivity contribution is -0.387. The van der Waals surface area contributed by atoms with Crippen molar-refractivity contribution >= 4 is 5.69 Å². The van der Waals surface area contributed by atoms with E-state index in [9.17, 15) is 14.5 Å². The van der Waals surface area contributed by atoms with Crippen LogP contribution < -0.4 is 5.32 Å². The predicted octanol–water partition coefficient (Wildman–Crippen LogP) is 3.12. The zero-order valence-corrected chi connectivity index (χ0v) is 13.2. The fourth-order valence-corrected chi connectivity index (χ4v) is 2.92. The zero-order chi connectivity index (χ0) is 16.1. The van der Waals surface area contributed by atoms with E-state index in [0.29, 0.717) is 5.92 Å². The van der Waals surface area contributed by atoms with Gasteiger partial charge in [-0.25, -0.2) is 0 Å². The fraction of sp³-hybridized carbons (Fsp3) is 0.625. The molecule has 1 aromatic rings. The van der Waals surface area contributed by atoms with E-state index in [1.54, 1.807) is 6.07 Å². The highest BCUT2D eigenvalue weighted by Crippen LogP contribution is 2.31. The molecular formula is C16H24FN3O2. The molecule has 1 aliphatic rings. The van der Waals surface area contributed by atoms with Gasteiger partial charge in [-0.2, -0.15) is 4.39 Å². The highest BCUT2D eigenvalue weighted by atomic mass is 19.1. The smallest absolute Gasteiger partial charge is 0.305 e. The molecule has 0 unspecified atom stereocenters. The number of hydrogen-bond donors (Lipinski definition) is 1. The van der Waals surface area contributed by atoms with E-state index in [0.717, 1.165) is 44.6 Å². The molecule has 0 saturated carbocycles. The molecule has 2 rings (SSSR count). The molecular weight excluding hydrogens is 285 g/mol. The van der Waals surface area contributed by atoms with Crippen LogP contribution in [0.3, 0.4) is 0 Å². The van der Waals surface area contributed by atoms with E-state index in [-0.39, 0.29) is 6.04 Å². The van der Waals surface area contributed by atoms with E-state index in [1.807, 2.05) is 0 Å². The SMILES string of the molecule is CC(C)CC[C@@H](c1ccc(F)c([N+](=O)[O-])c1)N1CCNCC1. The Morgan fingerprint density at radius 2 is 2.00 bits per heavy atom. The first-order chi connectivity index (χ1) is 10.5. The zero-order valence-electron chi connectivity index (χ0n) is 13.2. The third-order valence-electron chi connectivity index (χ3n) is 4.16. The molecule has 1 fully saturated rings. The van der Waals surface area contributed by atoms with Crippen molar-refractivity contribution in [2.24, 2.45) is 5.92 Å². The molecule has 0 aliphatic carbocycles. The van der Waals surface area contributed by atoms with Crippen LogP contribution in [0.5, 0.6) is 0 Å². The third kappa shape index (κ3) is 4.24. The summed E-state index contributed by atoms with van der Waals surface area (Å²) >= 11 is 0. The minimum atomic E-state index is -0.767. The summed E-state index contributed by atoms with van der Waals surface area (Å²) in [7, 11) is 0. The first-order valence-corrected chi connectivity index (χ1v) is 7.87. The fourth-order valence-electron chi connectivity index (χ4n) is 2.92. The molecule has 0 spiro atoms. The molecule has 1 atom stereocenters. The summed E-state index contributed by atoms with van der Waals surface area (Å²) in [4.78, 5) is 12.7. The van der Waals surface area contributed by atoms with Crippen LogP contribution in [0.2, 0.25) is 0 Å². The number of nitro groups is 1. The Kier molecular flexibility index (Phi) is 5.85. The summed E-state index contributed by atoms with van der Waals surface area (Å²) in [6.07, 6.45) is 1.97. The van der Waals surface area contributed by atoms with Crippen LogP contribution in [0.1, 0.15) is 38.3 Å². The molecule has 5 nitrogen and oxygen atoms in total. The third-order valence-corrected chi connectivity index (χ3v) is 4.16. The van der Waals surface area contributed by atoms with Crippen molar-refractivity contribution in [3.8, 4) is 0 Å². The summed E-state index contributed by atoms with van der Waals surface area (Å²) in [6, 6.07) is 4.43. The largest absolute Gasteiger partial charge is 0.314 e. The lowest BCUT2D eigenvalue weighted by Gasteiger charge is -2.35. The number of hydrogen-bond acceptors (Lipinski definition) is 4. The molecule has 0 bridgehead atoms. The summed E-state index contributed by atoms with van der Waals surface area (Å²) < 4.78 is 13.6.